The Bertz CT molecular complexity index is 101. The van der Waals surface area contributed by atoms with Crippen molar-refractivity contribution in [3.63, 3.8) is 0 Å². The van der Waals surface area contributed by atoms with Gasteiger partial charge < -0.3 is 5.11 Å². The largest absolute Gasteiger partial charge is 0.482 e. The van der Waals surface area contributed by atoms with Crippen LogP contribution in [0.15, 0.2) is 0 Å². The van der Waals surface area contributed by atoms with Crippen LogP contribution < -0.4 is 0 Å². The third kappa shape index (κ3) is 4.07. The highest BCUT2D eigenvalue weighted by Gasteiger charge is 2.11. The zero-order valence-electron chi connectivity index (χ0n) is 6.22. The molecule has 0 fully saturated rings. The van der Waals surface area contributed by atoms with Crippen LogP contribution in [0, 0.1) is 5.92 Å². The summed E-state index contributed by atoms with van der Waals surface area (Å²) in [6.45, 7) is 4.05. The molecule has 1 N–H and O–H groups in total. The number of carboxylic acids is 1. The lowest BCUT2D eigenvalue weighted by Gasteiger charge is -2.07. The van der Waals surface area contributed by atoms with Gasteiger partial charge in [-0.05, 0) is 12.3 Å². The predicted molar refractivity (Wildman–Crippen MR) is 39.4 cm³/mol. The molecule has 0 aromatic rings. The van der Waals surface area contributed by atoms with Crippen molar-refractivity contribution in [2.75, 3.05) is 0 Å². The summed E-state index contributed by atoms with van der Waals surface area (Å²) in [6, 6.07) is 0. The first kappa shape index (κ1) is 8.53. The van der Waals surface area contributed by atoms with Gasteiger partial charge in [-0.15, -0.1) is 0 Å². The van der Waals surface area contributed by atoms with Crippen LogP contribution in [0.25, 0.3) is 0 Å². The van der Waals surface area contributed by atoms with E-state index in [4.69, 9.17) is 5.11 Å². The highest BCUT2D eigenvalue weighted by atomic mass is 16.4. The lowest BCUT2D eigenvalue weighted by Crippen LogP contribution is -2.09. The third-order valence-corrected chi connectivity index (χ3v) is 1.25. The molecule has 0 bridgehead atoms. The fourth-order valence-corrected chi connectivity index (χ4v) is 0.808. The van der Waals surface area contributed by atoms with E-state index in [1.807, 2.05) is 13.8 Å². The summed E-state index contributed by atoms with van der Waals surface area (Å²) in [5, 5.41) is 8.43. The average Bonchev–Trinajstić information content (AvgIpc) is 1.63. The Labute approximate surface area is 56.7 Å². The molecule has 3 heteroatoms. The monoisotopic (exact) mass is 128 g/mol. The minimum Gasteiger partial charge on any atom is -0.482 e. The molecule has 0 radical (unpaired) electrons. The zero-order chi connectivity index (χ0) is 7.44. The van der Waals surface area contributed by atoms with Gasteiger partial charge in [-0.1, -0.05) is 13.8 Å². The van der Waals surface area contributed by atoms with Gasteiger partial charge in [0, 0.05) is 5.82 Å². The van der Waals surface area contributed by atoms with Crippen molar-refractivity contribution in [2.24, 2.45) is 5.92 Å². The van der Waals surface area contributed by atoms with Crippen LogP contribution in [-0.4, -0.2) is 18.9 Å². The average molecular weight is 128 g/mol. The molecule has 52 valence electrons. The van der Waals surface area contributed by atoms with Crippen molar-refractivity contribution in [3.8, 4) is 0 Å². The fraction of sp³-hybridized carbons (Fsp3) is 0.833. The predicted octanol–water partition coefficient (Wildman–Crippen LogP) is 0.539. The number of carbonyl (C=O) groups is 1. The second-order valence-electron chi connectivity index (χ2n) is 2.87. The molecule has 0 aromatic carbocycles. The lowest BCUT2D eigenvalue weighted by atomic mass is 9.81. The van der Waals surface area contributed by atoms with Crippen LogP contribution in [0.5, 0.6) is 0 Å². The molecular formula is C6H13BO2. The molecule has 1 unspecified atom stereocenters. The summed E-state index contributed by atoms with van der Waals surface area (Å²) >= 11 is 0. The number of aliphatic carboxylic acids is 1. The van der Waals surface area contributed by atoms with Crippen molar-refractivity contribution >= 4 is 13.8 Å². The van der Waals surface area contributed by atoms with Gasteiger partial charge in [-0.3, -0.25) is 4.79 Å². The normalized spacial score (nSPS) is 13.7. The van der Waals surface area contributed by atoms with Gasteiger partial charge in [0.1, 0.15) is 7.85 Å². The highest BCUT2D eigenvalue weighted by molar-refractivity contribution is 6.22. The Morgan fingerprint density at radius 1 is 1.67 bits per heavy atom. The van der Waals surface area contributed by atoms with E-state index in [9.17, 15) is 4.79 Å². The van der Waals surface area contributed by atoms with Crippen molar-refractivity contribution in [2.45, 2.75) is 26.1 Å². The summed E-state index contributed by atoms with van der Waals surface area (Å²) in [4.78, 5) is 10.2. The Balaban J connectivity index is 3.50. The van der Waals surface area contributed by atoms with Crippen LogP contribution in [0.3, 0.4) is 0 Å². The van der Waals surface area contributed by atoms with Crippen molar-refractivity contribution in [1.82, 2.24) is 0 Å². The maximum absolute atomic E-state index is 10.2. The summed E-state index contributed by atoms with van der Waals surface area (Å²) in [6.07, 6.45) is 0.773. The molecule has 0 aliphatic rings. The van der Waals surface area contributed by atoms with E-state index in [1.54, 1.807) is 7.85 Å². The molecular weight excluding hydrogens is 115 g/mol. The van der Waals surface area contributed by atoms with E-state index in [0.717, 1.165) is 6.42 Å². The molecule has 1 atom stereocenters. The van der Waals surface area contributed by atoms with E-state index >= 15 is 0 Å². The Kier molecular flexibility index (Phi) is 3.36. The molecule has 0 amide bonds. The van der Waals surface area contributed by atoms with Crippen LogP contribution in [-0.2, 0) is 4.79 Å². The minimum atomic E-state index is -0.691. The van der Waals surface area contributed by atoms with Gasteiger partial charge in [-0.2, -0.15) is 0 Å². The maximum atomic E-state index is 10.2. The van der Waals surface area contributed by atoms with E-state index in [-0.39, 0.29) is 5.82 Å². The lowest BCUT2D eigenvalue weighted by molar-refractivity contribution is -0.137. The topological polar surface area (TPSA) is 37.3 Å². The van der Waals surface area contributed by atoms with Gasteiger partial charge >= 0.3 is 0 Å². The van der Waals surface area contributed by atoms with Gasteiger partial charge in [0.15, 0.2) is 0 Å². The van der Waals surface area contributed by atoms with Gasteiger partial charge in [0.25, 0.3) is 5.97 Å². The molecule has 0 saturated carbocycles. The van der Waals surface area contributed by atoms with Crippen molar-refractivity contribution < 1.29 is 9.90 Å². The molecule has 0 spiro atoms. The van der Waals surface area contributed by atoms with Crippen molar-refractivity contribution in [3.05, 3.63) is 0 Å². The van der Waals surface area contributed by atoms with Crippen LogP contribution in [0.2, 0.25) is 5.82 Å². The van der Waals surface area contributed by atoms with E-state index in [2.05, 4.69) is 0 Å². The van der Waals surface area contributed by atoms with E-state index in [0.29, 0.717) is 5.92 Å². The maximum Gasteiger partial charge on any atom is 0.298 e. The molecule has 0 heterocycles. The smallest absolute Gasteiger partial charge is 0.298 e. The number of rotatable bonds is 3. The molecule has 2 nitrogen and oxygen atoms in total. The molecule has 0 aliphatic carbocycles. The quantitative estimate of drug-likeness (QED) is 0.563. The van der Waals surface area contributed by atoms with Gasteiger partial charge in [0.2, 0.25) is 0 Å². The standard InChI is InChI=1S/C6H13BO2/c1-4(2)3-5(7)6(8)9/h4-5H,3,7H2,1-2H3,(H,8,9). The zero-order valence-corrected chi connectivity index (χ0v) is 6.22. The second kappa shape index (κ2) is 3.54. The number of hydrogen-bond donors (Lipinski definition) is 1. The molecule has 0 rings (SSSR count). The number of hydrogen-bond acceptors (Lipinski definition) is 1. The third-order valence-electron chi connectivity index (χ3n) is 1.25. The van der Waals surface area contributed by atoms with Gasteiger partial charge in [-0.25, -0.2) is 0 Å². The molecule has 0 aliphatic heterocycles. The van der Waals surface area contributed by atoms with E-state index < -0.39 is 5.97 Å². The molecule has 0 aromatic heterocycles. The second-order valence-corrected chi connectivity index (χ2v) is 2.87. The highest BCUT2D eigenvalue weighted by Crippen LogP contribution is 2.12. The van der Waals surface area contributed by atoms with Crippen molar-refractivity contribution in [1.29, 1.82) is 0 Å². The summed E-state index contributed by atoms with van der Waals surface area (Å²) in [5.74, 6) is -0.398. The Hall–Kier alpha value is -0.465. The Morgan fingerprint density at radius 2 is 2.11 bits per heavy atom. The fourth-order valence-electron chi connectivity index (χ4n) is 0.808. The van der Waals surface area contributed by atoms with Crippen LogP contribution in [0.4, 0.5) is 0 Å². The molecule has 0 saturated heterocycles. The summed E-state index contributed by atoms with van der Waals surface area (Å²) in [7, 11) is 1.74. The minimum absolute atomic E-state index is 0.190. The first-order chi connectivity index (χ1) is 4.04. The van der Waals surface area contributed by atoms with E-state index in [1.165, 1.54) is 0 Å². The first-order valence-corrected chi connectivity index (χ1v) is 3.26. The SMILES string of the molecule is BC(CC(C)C)C(=O)O. The Morgan fingerprint density at radius 3 is 2.22 bits per heavy atom. The first-order valence-electron chi connectivity index (χ1n) is 3.26. The molecule has 9 heavy (non-hydrogen) atoms. The van der Waals surface area contributed by atoms with Crippen LogP contribution >= 0.6 is 0 Å². The summed E-state index contributed by atoms with van der Waals surface area (Å²) < 4.78 is 0. The van der Waals surface area contributed by atoms with Gasteiger partial charge in [0.05, 0.1) is 0 Å². The summed E-state index contributed by atoms with van der Waals surface area (Å²) in [5.41, 5.74) is 0. The number of carboxylic acid groups (broad SMARTS) is 1. The van der Waals surface area contributed by atoms with Crippen LogP contribution in [0.1, 0.15) is 20.3 Å².